The molecular formula is C23H23Cl2N3O3S2. The van der Waals surface area contributed by atoms with Crippen LogP contribution in [0.4, 0.5) is 0 Å². The predicted molar refractivity (Wildman–Crippen MR) is 132 cm³/mol. The Morgan fingerprint density at radius 1 is 1.21 bits per heavy atom. The van der Waals surface area contributed by atoms with E-state index in [2.05, 4.69) is 9.69 Å². The minimum absolute atomic E-state index is 0.0513. The number of nitrogens with one attached hydrogen (secondary N) is 1. The zero-order valence-corrected chi connectivity index (χ0v) is 21.1. The van der Waals surface area contributed by atoms with Crippen molar-refractivity contribution < 1.29 is 14.3 Å². The molecule has 0 aliphatic heterocycles. The number of hydrogen-bond donors (Lipinski definition) is 1. The number of thiophene rings is 1. The molecular weight excluding hydrogens is 501 g/mol. The molecule has 3 aromatic rings. The fourth-order valence-electron chi connectivity index (χ4n) is 3.99. The topological polar surface area (TPSA) is 71.5 Å². The van der Waals surface area contributed by atoms with Gasteiger partial charge in [-0.1, -0.05) is 54.2 Å². The van der Waals surface area contributed by atoms with Gasteiger partial charge in [-0.05, 0) is 53.5 Å². The van der Waals surface area contributed by atoms with Crippen LogP contribution in [0, 0.1) is 0 Å². The van der Waals surface area contributed by atoms with E-state index in [-0.39, 0.29) is 33.5 Å². The first-order chi connectivity index (χ1) is 16.0. The van der Waals surface area contributed by atoms with Gasteiger partial charge in [0.05, 0.1) is 13.7 Å². The Morgan fingerprint density at radius 3 is 2.52 bits per heavy atom. The number of methoxy groups -OCH3 is 1. The van der Waals surface area contributed by atoms with Crippen LogP contribution in [-0.4, -0.2) is 34.2 Å². The highest BCUT2D eigenvalue weighted by Crippen LogP contribution is 2.34. The highest BCUT2D eigenvalue weighted by Gasteiger charge is 2.36. The molecule has 33 heavy (non-hydrogen) atoms. The molecule has 1 aliphatic carbocycles. The van der Waals surface area contributed by atoms with Crippen LogP contribution in [0.2, 0.25) is 9.36 Å². The van der Waals surface area contributed by atoms with Crippen molar-refractivity contribution in [3.8, 4) is 5.75 Å². The van der Waals surface area contributed by atoms with Crippen molar-refractivity contribution in [3.63, 3.8) is 0 Å². The fourth-order valence-corrected chi connectivity index (χ4v) is 5.68. The highest BCUT2D eigenvalue weighted by molar-refractivity contribution is 7.11. The smallest absolute Gasteiger partial charge is 0.276 e. The van der Waals surface area contributed by atoms with E-state index in [9.17, 15) is 9.59 Å². The minimum atomic E-state index is -0.873. The van der Waals surface area contributed by atoms with Gasteiger partial charge in [-0.3, -0.25) is 9.59 Å². The van der Waals surface area contributed by atoms with E-state index in [1.807, 2.05) is 29.6 Å². The standard InChI is InChI=1S/C23H23Cl2N3O3S2/c1-31-16-10-8-14(9-11-16)20(22(29)26-15-5-2-3-6-15)28(13-17-7-4-12-32-17)23(30)19-18(24)21(25)33-27-19/h4,7-12,15,20H,2-3,5-6,13H2,1H3,(H,26,29)/t20-/m1/s1. The molecule has 1 aliphatic rings. The van der Waals surface area contributed by atoms with Crippen molar-refractivity contribution in [1.29, 1.82) is 0 Å². The van der Waals surface area contributed by atoms with Crippen LogP contribution in [-0.2, 0) is 11.3 Å². The molecule has 0 radical (unpaired) electrons. The summed E-state index contributed by atoms with van der Waals surface area (Å²) in [5.74, 6) is -0.00692. The van der Waals surface area contributed by atoms with Crippen LogP contribution >= 0.6 is 46.1 Å². The molecule has 0 saturated heterocycles. The Balaban J connectivity index is 1.75. The molecule has 174 valence electrons. The Hall–Kier alpha value is -2.13. The third-order valence-corrected chi connectivity index (χ3v) is 8.13. The quantitative estimate of drug-likeness (QED) is 0.395. The predicted octanol–water partition coefficient (Wildman–Crippen LogP) is 5.96. The van der Waals surface area contributed by atoms with Gasteiger partial charge in [0.1, 0.15) is 21.2 Å². The molecule has 1 aromatic carbocycles. The molecule has 2 heterocycles. The summed E-state index contributed by atoms with van der Waals surface area (Å²) in [7, 11) is 1.58. The summed E-state index contributed by atoms with van der Waals surface area (Å²) in [5.41, 5.74) is 0.726. The lowest BCUT2D eigenvalue weighted by molar-refractivity contribution is -0.126. The van der Waals surface area contributed by atoms with E-state index in [1.54, 1.807) is 19.2 Å². The highest BCUT2D eigenvalue weighted by atomic mass is 35.5. The third kappa shape index (κ3) is 5.51. The van der Waals surface area contributed by atoms with Crippen LogP contribution < -0.4 is 10.1 Å². The van der Waals surface area contributed by atoms with Crippen molar-refractivity contribution in [1.82, 2.24) is 14.6 Å². The lowest BCUT2D eigenvalue weighted by atomic mass is 10.0. The second-order valence-electron chi connectivity index (χ2n) is 7.80. The van der Waals surface area contributed by atoms with E-state index in [1.165, 1.54) is 16.2 Å². The summed E-state index contributed by atoms with van der Waals surface area (Å²) in [6.45, 7) is 0.233. The van der Waals surface area contributed by atoms with E-state index in [0.717, 1.165) is 42.1 Å². The van der Waals surface area contributed by atoms with Crippen molar-refractivity contribution in [2.24, 2.45) is 0 Å². The number of rotatable bonds is 8. The SMILES string of the molecule is COc1ccc([C@H](C(=O)NC2CCCC2)N(Cc2cccs2)C(=O)c2nsc(Cl)c2Cl)cc1. The molecule has 0 unspecified atom stereocenters. The molecule has 1 saturated carbocycles. The van der Waals surface area contributed by atoms with Crippen LogP contribution in [0.5, 0.6) is 5.75 Å². The number of benzene rings is 1. The summed E-state index contributed by atoms with van der Waals surface area (Å²) >= 11 is 14.8. The van der Waals surface area contributed by atoms with E-state index in [4.69, 9.17) is 27.9 Å². The third-order valence-electron chi connectivity index (χ3n) is 5.66. The van der Waals surface area contributed by atoms with Crippen LogP contribution in [0.25, 0.3) is 0 Å². The number of carbonyl (C=O) groups is 2. The first-order valence-corrected chi connectivity index (χ1v) is 13.0. The van der Waals surface area contributed by atoms with E-state index >= 15 is 0 Å². The Kier molecular flexibility index (Phi) is 7.90. The maximum Gasteiger partial charge on any atom is 0.276 e. The average Bonchev–Trinajstić information content (AvgIpc) is 3.58. The first-order valence-electron chi connectivity index (χ1n) is 10.6. The van der Waals surface area contributed by atoms with Crippen molar-refractivity contribution >= 4 is 57.9 Å². The van der Waals surface area contributed by atoms with Gasteiger partial charge >= 0.3 is 0 Å². The molecule has 2 amide bonds. The molecule has 1 atom stereocenters. The zero-order valence-electron chi connectivity index (χ0n) is 17.9. The Labute approximate surface area is 210 Å². The molecule has 0 bridgehead atoms. The Morgan fingerprint density at radius 2 is 1.94 bits per heavy atom. The van der Waals surface area contributed by atoms with Gasteiger partial charge in [-0.2, -0.15) is 4.37 Å². The van der Waals surface area contributed by atoms with E-state index in [0.29, 0.717) is 11.3 Å². The maximum absolute atomic E-state index is 13.7. The monoisotopic (exact) mass is 523 g/mol. The molecule has 1 N–H and O–H groups in total. The zero-order chi connectivity index (χ0) is 23.4. The average molecular weight is 524 g/mol. The largest absolute Gasteiger partial charge is 0.497 e. The number of nitrogens with zero attached hydrogens (tertiary/aromatic N) is 2. The number of aromatic nitrogens is 1. The first kappa shape index (κ1) is 24.0. The maximum atomic E-state index is 13.7. The second kappa shape index (κ2) is 10.9. The van der Waals surface area contributed by atoms with Gasteiger partial charge in [-0.25, -0.2) is 0 Å². The Bertz CT molecular complexity index is 1100. The van der Waals surface area contributed by atoms with Crippen molar-refractivity contribution in [2.75, 3.05) is 7.11 Å². The number of halogens is 2. The van der Waals surface area contributed by atoms with Gasteiger partial charge in [0, 0.05) is 10.9 Å². The number of amides is 2. The van der Waals surface area contributed by atoms with Gasteiger partial charge in [0.2, 0.25) is 5.91 Å². The number of hydrogen-bond acceptors (Lipinski definition) is 6. The number of ether oxygens (including phenoxy) is 1. The molecule has 6 nitrogen and oxygen atoms in total. The second-order valence-corrected chi connectivity index (χ2v) is 10.6. The van der Waals surface area contributed by atoms with Gasteiger partial charge in [-0.15, -0.1) is 11.3 Å². The molecule has 1 fully saturated rings. The summed E-state index contributed by atoms with van der Waals surface area (Å²) in [4.78, 5) is 29.8. The van der Waals surface area contributed by atoms with Gasteiger partial charge < -0.3 is 15.0 Å². The van der Waals surface area contributed by atoms with Crippen molar-refractivity contribution in [2.45, 2.75) is 44.3 Å². The summed E-state index contributed by atoms with van der Waals surface area (Å²) in [5, 5.41) is 5.20. The summed E-state index contributed by atoms with van der Waals surface area (Å²) in [6.07, 6.45) is 4.05. The minimum Gasteiger partial charge on any atom is -0.497 e. The lowest BCUT2D eigenvalue weighted by Crippen LogP contribution is -2.46. The van der Waals surface area contributed by atoms with Crippen LogP contribution in [0.3, 0.4) is 0 Å². The molecule has 4 rings (SSSR count). The molecule has 10 heteroatoms. The van der Waals surface area contributed by atoms with Crippen LogP contribution in [0.1, 0.15) is 52.7 Å². The van der Waals surface area contributed by atoms with Gasteiger partial charge in [0.25, 0.3) is 5.91 Å². The summed E-state index contributed by atoms with van der Waals surface area (Å²) < 4.78 is 9.69. The molecule has 2 aromatic heterocycles. The van der Waals surface area contributed by atoms with Crippen LogP contribution in [0.15, 0.2) is 41.8 Å². The van der Waals surface area contributed by atoms with Gasteiger partial charge in [0.15, 0.2) is 5.69 Å². The number of carbonyl (C=O) groups excluding carboxylic acids is 2. The summed E-state index contributed by atoms with van der Waals surface area (Å²) in [6, 6.07) is 10.3. The fraction of sp³-hybridized carbons (Fsp3) is 0.348. The van der Waals surface area contributed by atoms with E-state index < -0.39 is 11.9 Å². The lowest BCUT2D eigenvalue weighted by Gasteiger charge is -2.31. The normalized spacial score (nSPS) is 14.8. The molecule has 0 spiro atoms. The van der Waals surface area contributed by atoms with Crippen molar-refractivity contribution in [3.05, 3.63) is 67.3 Å².